The van der Waals surface area contributed by atoms with Crippen LogP contribution >= 0.6 is 0 Å². The molecule has 0 aliphatic heterocycles. The fraction of sp³-hybridized carbons (Fsp3) is 0.312. The second-order valence-electron chi connectivity index (χ2n) is 5.36. The van der Waals surface area contributed by atoms with Gasteiger partial charge < -0.3 is 14.9 Å². The predicted molar refractivity (Wildman–Crippen MR) is 82.7 cm³/mol. The molecule has 0 spiro atoms. The Bertz CT molecular complexity index is 778. The van der Waals surface area contributed by atoms with E-state index in [0.29, 0.717) is 11.1 Å². The van der Waals surface area contributed by atoms with Gasteiger partial charge in [0.15, 0.2) is 6.10 Å². The molecule has 7 nitrogen and oxygen atoms in total. The molecule has 1 aromatic carbocycles. The summed E-state index contributed by atoms with van der Waals surface area (Å²) >= 11 is 0. The first-order valence-electron chi connectivity index (χ1n) is 7.05. The number of rotatable bonds is 4. The Morgan fingerprint density at radius 1 is 1.26 bits per heavy atom. The standard InChI is InChI=1S/C16H18N2O5/c1-8-4-12-11(7-22-13(12)5-9(8)2)6-14(19)23-10(3)15(20)18-16(17)21/h4-5,7,10H,6H2,1-3H3,(H3,17,18,20,21)/t10-/m0/s1. The topological polar surface area (TPSA) is 112 Å². The summed E-state index contributed by atoms with van der Waals surface area (Å²) in [5, 5.41) is 2.69. The van der Waals surface area contributed by atoms with E-state index in [4.69, 9.17) is 14.9 Å². The van der Waals surface area contributed by atoms with E-state index in [1.165, 1.54) is 13.2 Å². The number of benzene rings is 1. The number of furan rings is 1. The van der Waals surface area contributed by atoms with Crippen LogP contribution < -0.4 is 11.1 Å². The maximum Gasteiger partial charge on any atom is 0.318 e. The Hall–Kier alpha value is -2.83. The van der Waals surface area contributed by atoms with E-state index < -0.39 is 24.0 Å². The monoisotopic (exact) mass is 318 g/mol. The van der Waals surface area contributed by atoms with Crippen LogP contribution in [0.15, 0.2) is 22.8 Å². The van der Waals surface area contributed by atoms with Gasteiger partial charge in [0.1, 0.15) is 5.58 Å². The van der Waals surface area contributed by atoms with Gasteiger partial charge in [0.2, 0.25) is 0 Å². The van der Waals surface area contributed by atoms with E-state index in [9.17, 15) is 14.4 Å². The summed E-state index contributed by atoms with van der Waals surface area (Å²) in [4.78, 5) is 34.0. The third kappa shape index (κ3) is 3.88. The predicted octanol–water partition coefficient (Wildman–Crippen LogP) is 1.72. The fourth-order valence-electron chi connectivity index (χ4n) is 2.14. The summed E-state index contributed by atoms with van der Waals surface area (Å²) in [5.41, 5.74) is 8.38. The number of fused-ring (bicyclic) bond motifs is 1. The molecule has 0 unspecified atom stereocenters. The number of esters is 1. The highest BCUT2D eigenvalue weighted by molar-refractivity contribution is 5.96. The van der Waals surface area contributed by atoms with Crippen LogP contribution in [-0.2, 0) is 20.7 Å². The molecule has 122 valence electrons. The van der Waals surface area contributed by atoms with Crippen LogP contribution in [0.4, 0.5) is 4.79 Å². The van der Waals surface area contributed by atoms with Crippen LogP contribution in [0, 0.1) is 13.8 Å². The average molecular weight is 318 g/mol. The van der Waals surface area contributed by atoms with Gasteiger partial charge in [0.05, 0.1) is 12.7 Å². The van der Waals surface area contributed by atoms with Crippen molar-refractivity contribution < 1.29 is 23.5 Å². The van der Waals surface area contributed by atoms with E-state index in [1.54, 1.807) is 0 Å². The zero-order chi connectivity index (χ0) is 17.1. The van der Waals surface area contributed by atoms with Gasteiger partial charge in [-0.05, 0) is 44.0 Å². The number of hydrogen-bond donors (Lipinski definition) is 2. The van der Waals surface area contributed by atoms with Crippen molar-refractivity contribution in [1.82, 2.24) is 5.32 Å². The largest absolute Gasteiger partial charge is 0.464 e. The molecule has 1 heterocycles. The minimum Gasteiger partial charge on any atom is -0.464 e. The molecule has 2 aromatic rings. The molecule has 1 aromatic heterocycles. The Kier molecular flexibility index (Phi) is 4.68. The summed E-state index contributed by atoms with van der Waals surface area (Å²) in [5.74, 6) is -1.37. The highest BCUT2D eigenvalue weighted by Gasteiger charge is 2.20. The molecular formula is C16H18N2O5. The van der Waals surface area contributed by atoms with Crippen LogP contribution in [0.25, 0.3) is 11.0 Å². The molecular weight excluding hydrogens is 300 g/mol. The van der Waals surface area contributed by atoms with Gasteiger partial charge >= 0.3 is 12.0 Å². The van der Waals surface area contributed by atoms with Gasteiger partial charge in [0.25, 0.3) is 5.91 Å². The lowest BCUT2D eigenvalue weighted by molar-refractivity contribution is -0.153. The van der Waals surface area contributed by atoms with Gasteiger partial charge in [0, 0.05) is 10.9 Å². The number of urea groups is 1. The Morgan fingerprint density at radius 3 is 2.57 bits per heavy atom. The van der Waals surface area contributed by atoms with Crippen molar-refractivity contribution in [1.29, 1.82) is 0 Å². The lowest BCUT2D eigenvalue weighted by Gasteiger charge is -2.11. The molecule has 23 heavy (non-hydrogen) atoms. The van der Waals surface area contributed by atoms with E-state index in [-0.39, 0.29) is 6.42 Å². The molecule has 0 aliphatic rings. The number of hydrogen-bond acceptors (Lipinski definition) is 5. The minimum atomic E-state index is -1.11. The molecule has 0 radical (unpaired) electrons. The van der Waals surface area contributed by atoms with Crippen molar-refractivity contribution in [2.45, 2.75) is 33.3 Å². The van der Waals surface area contributed by atoms with Crippen molar-refractivity contribution in [3.8, 4) is 0 Å². The SMILES string of the molecule is Cc1cc2occ(CC(=O)O[C@@H](C)C(=O)NC(N)=O)c2cc1C. The molecule has 0 bridgehead atoms. The third-order valence-electron chi connectivity index (χ3n) is 3.53. The first kappa shape index (κ1) is 16.5. The number of primary amides is 1. The summed E-state index contributed by atoms with van der Waals surface area (Å²) < 4.78 is 10.4. The molecule has 3 amide bonds. The van der Waals surface area contributed by atoms with Crippen LogP contribution in [0.5, 0.6) is 0 Å². The smallest absolute Gasteiger partial charge is 0.318 e. The molecule has 0 fully saturated rings. The number of amides is 3. The highest BCUT2D eigenvalue weighted by Crippen LogP contribution is 2.25. The molecule has 7 heteroatoms. The first-order chi connectivity index (χ1) is 10.8. The fourth-order valence-corrected chi connectivity index (χ4v) is 2.14. The third-order valence-corrected chi connectivity index (χ3v) is 3.53. The van der Waals surface area contributed by atoms with E-state index in [1.807, 2.05) is 31.3 Å². The van der Waals surface area contributed by atoms with Crippen molar-refractivity contribution in [2.75, 3.05) is 0 Å². The number of carbonyl (C=O) groups excluding carboxylic acids is 3. The lowest BCUT2D eigenvalue weighted by atomic mass is 10.0. The molecule has 3 N–H and O–H groups in total. The number of aryl methyl sites for hydroxylation is 2. The number of carbonyl (C=O) groups is 3. The first-order valence-corrected chi connectivity index (χ1v) is 7.05. The van der Waals surface area contributed by atoms with Crippen LogP contribution in [0.3, 0.4) is 0 Å². The summed E-state index contributed by atoms with van der Waals surface area (Å²) in [6.45, 7) is 5.31. The second-order valence-corrected chi connectivity index (χ2v) is 5.36. The van der Waals surface area contributed by atoms with E-state index >= 15 is 0 Å². The Labute approximate surface area is 132 Å². The zero-order valence-corrected chi connectivity index (χ0v) is 13.1. The molecule has 2 rings (SSSR count). The maximum atomic E-state index is 11.9. The summed E-state index contributed by atoms with van der Waals surface area (Å²) in [6, 6.07) is 2.85. The Morgan fingerprint density at radius 2 is 1.91 bits per heavy atom. The van der Waals surface area contributed by atoms with E-state index in [0.717, 1.165) is 16.5 Å². The van der Waals surface area contributed by atoms with Gasteiger partial charge in [-0.25, -0.2) is 4.79 Å². The summed E-state index contributed by atoms with van der Waals surface area (Å²) in [6.07, 6.45) is 0.347. The van der Waals surface area contributed by atoms with Gasteiger partial charge in [-0.2, -0.15) is 0 Å². The summed E-state index contributed by atoms with van der Waals surface area (Å²) in [7, 11) is 0. The van der Waals surface area contributed by atoms with Crippen molar-refractivity contribution >= 4 is 28.9 Å². The second kappa shape index (κ2) is 6.51. The normalized spacial score (nSPS) is 12.0. The van der Waals surface area contributed by atoms with Crippen LogP contribution in [-0.4, -0.2) is 24.0 Å². The quantitative estimate of drug-likeness (QED) is 0.834. The molecule has 0 saturated heterocycles. The van der Waals surface area contributed by atoms with Crippen LogP contribution in [0.2, 0.25) is 0 Å². The molecule has 0 aliphatic carbocycles. The van der Waals surface area contributed by atoms with Gasteiger partial charge in [-0.15, -0.1) is 0 Å². The highest BCUT2D eigenvalue weighted by atomic mass is 16.5. The van der Waals surface area contributed by atoms with Crippen molar-refractivity contribution in [2.24, 2.45) is 5.73 Å². The maximum absolute atomic E-state index is 11.9. The van der Waals surface area contributed by atoms with Gasteiger partial charge in [-0.1, -0.05) is 0 Å². The lowest BCUT2D eigenvalue weighted by Crippen LogP contribution is -2.42. The zero-order valence-electron chi connectivity index (χ0n) is 13.1. The van der Waals surface area contributed by atoms with E-state index in [2.05, 4.69) is 0 Å². The number of nitrogens with two attached hydrogens (primary N) is 1. The minimum absolute atomic E-state index is 0.0380. The van der Waals surface area contributed by atoms with Crippen LogP contribution in [0.1, 0.15) is 23.6 Å². The molecule has 1 atom stereocenters. The van der Waals surface area contributed by atoms with Crippen molar-refractivity contribution in [3.63, 3.8) is 0 Å². The number of nitrogens with one attached hydrogen (secondary N) is 1. The molecule has 0 saturated carbocycles. The van der Waals surface area contributed by atoms with Crippen molar-refractivity contribution in [3.05, 3.63) is 35.1 Å². The van der Waals surface area contributed by atoms with Gasteiger partial charge in [-0.3, -0.25) is 14.9 Å². The number of imide groups is 1. The average Bonchev–Trinajstić information content (AvgIpc) is 2.80. The Balaban J connectivity index is 2.07. The number of ether oxygens (including phenoxy) is 1.